The van der Waals surface area contributed by atoms with Gasteiger partial charge in [-0.1, -0.05) is 18.2 Å². The Kier molecular flexibility index (Phi) is 3.76. The van der Waals surface area contributed by atoms with Crippen molar-refractivity contribution in [2.75, 3.05) is 12.0 Å². The Balaban J connectivity index is 2.84. The first-order chi connectivity index (χ1) is 6.25. The average molecular weight is 197 g/mol. The highest BCUT2D eigenvalue weighted by atomic mass is 32.2. The minimum atomic E-state index is -0.324. The first-order valence-corrected chi connectivity index (χ1v) is 5.36. The molecule has 0 amide bonds. The second kappa shape index (κ2) is 4.87. The van der Waals surface area contributed by atoms with Gasteiger partial charge in [0, 0.05) is 11.6 Å². The molecule has 0 heterocycles. The van der Waals surface area contributed by atoms with Crippen molar-refractivity contribution >= 4 is 17.4 Å². The summed E-state index contributed by atoms with van der Waals surface area (Å²) in [5, 5.41) is 10.6. The number of thioether (sulfide) groups is 1. The van der Waals surface area contributed by atoms with Gasteiger partial charge in [-0.15, -0.1) is 0 Å². The van der Waals surface area contributed by atoms with Crippen LogP contribution in [-0.4, -0.2) is 16.9 Å². The molecule has 0 saturated carbocycles. The van der Waals surface area contributed by atoms with Crippen molar-refractivity contribution in [3.8, 4) is 0 Å². The van der Waals surface area contributed by atoms with Crippen LogP contribution in [0, 0.1) is 10.1 Å². The zero-order valence-electron chi connectivity index (χ0n) is 7.40. The summed E-state index contributed by atoms with van der Waals surface area (Å²) < 4.78 is 0. The monoisotopic (exact) mass is 197 g/mol. The topological polar surface area (TPSA) is 43.1 Å². The van der Waals surface area contributed by atoms with Crippen LogP contribution < -0.4 is 0 Å². The number of benzene rings is 1. The van der Waals surface area contributed by atoms with E-state index in [0.29, 0.717) is 0 Å². The average Bonchev–Trinajstić information content (AvgIpc) is 2.15. The maximum Gasteiger partial charge on any atom is 0.272 e. The van der Waals surface area contributed by atoms with E-state index in [0.717, 1.165) is 17.7 Å². The molecule has 4 heteroatoms. The van der Waals surface area contributed by atoms with Crippen molar-refractivity contribution in [2.45, 2.75) is 6.42 Å². The summed E-state index contributed by atoms with van der Waals surface area (Å²) >= 11 is 1.69. The van der Waals surface area contributed by atoms with Crippen LogP contribution in [0.15, 0.2) is 24.3 Å². The maximum atomic E-state index is 10.6. The second-order valence-electron chi connectivity index (χ2n) is 2.63. The van der Waals surface area contributed by atoms with Gasteiger partial charge in [-0.25, -0.2) is 0 Å². The first kappa shape index (κ1) is 10.1. The highest BCUT2D eigenvalue weighted by Gasteiger charge is 2.10. The lowest BCUT2D eigenvalue weighted by Crippen LogP contribution is -1.96. The van der Waals surface area contributed by atoms with Crippen LogP contribution in [0.4, 0.5) is 5.69 Å². The van der Waals surface area contributed by atoms with Gasteiger partial charge in [-0.05, 0) is 18.4 Å². The molecule has 0 aliphatic carbocycles. The quantitative estimate of drug-likeness (QED) is 0.550. The summed E-state index contributed by atoms with van der Waals surface area (Å²) in [6.45, 7) is 0. The van der Waals surface area contributed by atoms with Crippen LogP contribution >= 0.6 is 11.8 Å². The molecule has 1 aromatic rings. The molecule has 0 aromatic heterocycles. The van der Waals surface area contributed by atoms with Crippen LogP contribution in [0.25, 0.3) is 0 Å². The fourth-order valence-corrected chi connectivity index (χ4v) is 1.54. The Morgan fingerprint density at radius 2 is 2.15 bits per heavy atom. The Labute approximate surface area is 81.3 Å². The second-order valence-corrected chi connectivity index (χ2v) is 3.61. The molecule has 1 rings (SSSR count). The Bertz CT molecular complexity index is 301. The third-order valence-corrected chi connectivity index (χ3v) is 2.38. The van der Waals surface area contributed by atoms with E-state index in [2.05, 4.69) is 0 Å². The van der Waals surface area contributed by atoms with E-state index in [4.69, 9.17) is 0 Å². The maximum absolute atomic E-state index is 10.6. The van der Waals surface area contributed by atoms with Gasteiger partial charge >= 0.3 is 0 Å². The molecule has 0 unspecified atom stereocenters. The first-order valence-electron chi connectivity index (χ1n) is 3.97. The fourth-order valence-electron chi connectivity index (χ4n) is 1.11. The number of hydrogen-bond donors (Lipinski definition) is 0. The van der Waals surface area contributed by atoms with Gasteiger partial charge in [0.1, 0.15) is 0 Å². The van der Waals surface area contributed by atoms with Gasteiger partial charge in [0.25, 0.3) is 5.69 Å². The lowest BCUT2D eigenvalue weighted by molar-refractivity contribution is -0.385. The van der Waals surface area contributed by atoms with E-state index in [1.165, 1.54) is 0 Å². The SMILES string of the molecule is CSCCc1ccccc1[N+](=O)[O-]. The fraction of sp³-hybridized carbons (Fsp3) is 0.333. The molecule has 13 heavy (non-hydrogen) atoms. The lowest BCUT2D eigenvalue weighted by atomic mass is 10.1. The van der Waals surface area contributed by atoms with Crippen LogP contribution in [-0.2, 0) is 6.42 Å². The number of nitro benzene ring substituents is 1. The van der Waals surface area contributed by atoms with Crippen LogP contribution in [0.3, 0.4) is 0 Å². The predicted molar refractivity (Wildman–Crippen MR) is 55.2 cm³/mol. The largest absolute Gasteiger partial charge is 0.272 e. The molecule has 0 spiro atoms. The number of hydrogen-bond acceptors (Lipinski definition) is 3. The highest BCUT2D eigenvalue weighted by molar-refractivity contribution is 7.98. The molecular weight excluding hydrogens is 186 g/mol. The summed E-state index contributed by atoms with van der Waals surface area (Å²) in [5.74, 6) is 0.921. The van der Waals surface area contributed by atoms with E-state index in [-0.39, 0.29) is 10.6 Å². The molecule has 0 atom stereocenters. The van der Waals surface area contributed by atoms with E-state index < -0.39 is 0 Å². The van der Waals surface area contributed by atoms with Crippen molar-refractivity contribution in [3.63, 3.8) is 0 Å². The van der Waals surface area contributed by atoms with Gasteiger partial charge in [-0.2, -0.15) is 11.8 Å². The smallest absolute Gasteiger partial charge is 0.258 e. The van der Waals surface area contributed by atoms with Crippen LogP contribution in [0.5, 0.6) is 0 Å². The third-order valence-electron chi connectivity index (χ3n) is 1.76. The highest BCUT2D eigenvalue weighted by Crippen LogP contribution is 2.18. The normalized spacial score (nSPS) is 9.92. The summed E-state index contributed by atoms with van der Waals surface area (Å²) in [6, 6.07) is 6.90. The summed E-state index contributed by atoms with van der Waals surface area (Å²) in [4.78, 5) is 10.3. The van der Waals surface area contributed by atoms with Gasteiger partial charge in [0.2, 0.25) is 0 Å². The molecular formula is C9H11NO2S. The zero-order valence-corrected chi connectivity index (χ0v) is 8.21. The lowest BCUT2D eigenvalue weighted by Gasteiger charge is -2.00. The van der Waals surface area contributed by atoms with Gasteiger partial charge in [0.15, 0.2) is 0 Å². The molecule has 3 nitrogen and oxygen atoms in total. The molecule has 0 aliphatic heterocycles. The summed E-state index contributed by atoms with van der Waals surface area (Å²) in [7, 11) is 0. The number of para-hydroxylation sites is 1. The van der Waals surface area contributed by atoms with Crippen molar-refractivity contribution in [3.05, 3.63) is 39.9 Å². The number of aryl methyl sites for hydroxylation is 1. The molecule has 0 saturated heterocycles. The van der Waals surface area contributed by atoms with Gasteiger partial charge in [0.05, 0.1) is 4.92 Å². The molecule has 0 fully saturated rings. The van der Waals surface area contributed by atoms with Crippen LogP contribution in [0.1, 0.15) is 5.56 Å². The van der Waals surface area contributed by atoms with Crippen molar-refractivity contribution in [1.29, 1.82) is 0 Å². The standard InChI is InChI=1S/C9H11NO2S/c1-13-7-6-8-4-2-3-5-9(8)10(11)12/h2-5H,6-7H2,1H3. The van der Waals surface area contributed by atoms with E-state index >= 15 is 0 Å². The Morgan fingerprint density at radius 3 is 2.77 bits per heavy atom. The molecule has 0 N–H and O–H groups in total. The number of rotatable bonds is 4. The number of nitrogens with zero attached hydrogens (tertiary/aromatic N) is 1. The third kappa shape index (κ3) is 2.73. The molecule has 0 radical (unpaired) electrons. The molecule has 1 aromatic carbocycles. The minimum absolute atomic E-state index is 0.233. The van der Waals surface area contributed by atoms with Crippen molar-refractivity contribution in [2.24, 2.45) is 0 Å². The van der Waals surface area contributed by atoms with Crippen molar-refractivity contribution in [1.82, 2.24) is 0 Å². The predicted octanol–water partition coefficient (Wildman–Crippen LogP) is 2.50. The Hall–Kier alpha value is -1.03. The van der Waals surface area contributed by atoms with E-state index in [9.17, 15) is 10.1 Å². The molecule has 70 valence electrons. The summed E-state index contributed by atoms with van der Waals surface area (Å²) in [6.07, 6.45) is 2.76. The molecule has 0 aliphatic rings. The van der Waals surface area contributed by atoms with Crippen LogP contribution in [0.2, 0.25) is 0 Å². The van der Waals surface area contributed by atoms with E-state index in [1.54, 1.807) is 23.9 Å². The van der Waals surface area contributed by atoms with Gasteiger partial charge < -0.3 is 0 Å². The zero-order chi connectivity index (χ0) is 9.68. The van der Waals surface area contributed by atoms with E-state index in [1.807, 2.05) is 18.4 Å². The minimum Gasteiger partial charge on any atom is -0.258 e. The van der Waals surface area contributed by atoms with Gasteiger partial charge in [-0.3, -0.25) is 10.1 Å². The summed E-state index contributed by atoms with van der Waals surface area (Å²) in [5.41, 5.74) is 1.05. The molecule has 0 bridgehead atoms. The number of nitro groups is 1. The van der Waals surface area contributed by atoms with Crippen molar-refractivity contribution < 1.29 is 4.92 Å². The Morgan fingerprint density at radius 1 is 1.46 bits per heavy atom.